The summed E-state index contributed by atoms with van der Waals surface area (Å²) in [6, 6.07) is 12.6. The normalized spacial score (nSPS) is 11.3. The maximum Gasteiger partial charge on any atom is 0.240 e. The number of para-hydroxylation sites is 1. The van der Waals surface area contributed by atoms with E-state index in [1.807, 2.05) is 13.0 Å². The zero-order valence-electron chi connectivity index (χ0n) is 11.5. The molecule has 1 N–H and O–H groups in total. The molecule has 21 heavy (non-hydrogen) atoms. The minimum atomic E-state index is -3.57. The van der Waals surface area contributed by atoms with Crippen molar-refractivity contribution in [2.24, 2.45) is 0 Å². The maximum absolute atomic E-state index is 13.3. The van der Waals surface area contributed by atoms with Gasteiger partial charge in [0.1, 0.15) is 6.61 Å². The van der Waals surface area contributed by atoms with Crippen molar-refractivity contribution in [2.75, 3.05) is 13.2 Å². The highest BCUT2D eigenvalue weighted by molar-refractivity contribution is 7.89. The van der Waals surface area contributed by atoms with Crippen molar-refractivity contribution in [3.05, 3.63) is 59.9 Å². The summed E-state index contributed by atoms with van der Waals surface area (Å²) in [5.41, 5.74) is 0.862. The molecule has 2 aromatic carbocycles. The standard InChI is InChI=1S/C15H16FNO3S/c1-12-5-4-6-13(11-12)21(18,19)17-9-10-20-15-8-3-2-7-14(15)16/h2-8,11,17H,9-10H2,1H3. The predicted molar refractivity (Wildman–Crippen MR) is 78.3 cm³/mol. The van der Waals surface area contributed by atoms with Gasteiger partial charge in [-0.2, -0.15) is 0 Å². The van der Waals surface area contributed by atoms with E-state index in [0.717, 1.165) is 5.56 Å². The molecule has 0 aromatic heterocycles. The van der Waals surface area contributed by atoms with Crippen LogP contribution in [0.25, 0.3) is 0 Å². The molecule has 0 unspecified atom stereocenters. The van der Waals surface area contributed by atoms with E-state index in [0.29, 0.717) is 0 Å². The van der Waals surface area contributed by atoms with Gasteiger partial charge in [-0.25, -0.2) is 17.5 Å². The van der Waals surface area contributed by atoms with E-state index >= 15 is 0 Å². The average Bonchev–Trinajstić information content (AvgIpc) is 2.45. The van der Waals surface area contributed by atoms with Gasteiger partial charge in [-0.05, 0) is 36.8 Å². The molecule has 0 atom stereocenters. The third-order valence-corrected chi connectivity index (χ3v) is 4.25. The largest absolute Gasteiger partial charge is 0.489 e. The Kier molecular flexibility index (Phi) is 4.93. The minimum Gasteiger partial charge on any atom is -0.489 e. The van der Waals surface area contributed by atoms with Crippen molar-refractivity contribution in [1.82, 2.24) is 4.72 Å². The van der Waals surface area contributed by atoms with Crippen LogP contribution in [0.3, 0.4) is 0 Å². The molecule has 4 nitrogen and oxygen atoms in total. The quantitative estimate of drug-likeness (QED) is 0.834. The molecule has 0 amide bonds. The Balaban J connectivity index is 1.90. The van der Waals surface area contributed by atoms with Crippen LogP contribution in [0.5, 0.6) is 5.75 Å². The smallest absolute Gasteiger partial charge is 0.240 e. The van der Waals surface area contributed by atoms with E-state index in [1.54, 1.807) is 24.3 Å². The second kappa shape index (κ2) is 6.69. The maximum atomic E-state index is 13.3. The SMILES string of the molecule is Cc1cccc(S(=O)(=O)NCCOc2ccccc2F)c1. The van der Waals surface area contributed by atoms with E-state index in [9.17, 15) is 12.8 Å². The van der Waals surface area contributed by atoms with Crippen molar-refractivity contribution < 1.29 is 17.5 Å². The van der Waals surface area contributed by atoms with Gasteiger partial charge in [0.15, 0.2) is 11.6 Å². The third kappa shape index (κ3) is 4.27. The first-order valence-corrected chi connectivity index (χ1v) is 7.91. The molecule has 0 bridgehead atoms. The number of aryl methyl sites for hydroxylation is 1. The predicted octanol–water partition coefficient (Wildman–Crippen LogP) is 2.49. The number of hydrogen-bond donors (Lipinski definition) is 1. The lowest BCUT2D eigenvalue weighted by molar-refractivity contribution is 0.306. The van der Waals surface area contributed by atoms with Crippen molar-refractivity contribution in [3.63, 3.8) is 0 Å². The third-order valence-electron chi connectivity index (χ3n) is 2.79. The van der Waals surface area contributed by atoms with Crippen molar-refractivity contribution in [3.8, 4) is 5.75 Å². The fourth-order valence-corrected chi connectivity index (χ4v) is 2.88. The molecular weight excluding hydrogens is 293 g/mol. The lowest BCUT2D eigenvalue weighted by Crippen LogP contribution is -2.28. The van der Waals surface area contributed by atoms with Crippen molar-refractivity contribution in [2.45, 2.75) is 11.8 Å². The molecule has 0 saturated heterocycles. The first-order chi connectivity index (χ1) is 9.99. The summed E-state index contributed by atoms with van der Waals surface area (Å²) >= 11 is 0. The number of ether oxygens (including phenoxy) is 1. The summed E-state index contributed by atoms with van der Waals surface area (Å²) in [5, 5.41) is 0. The molecule has 0 heterocycles. The van der Waals surface area contributed by atoms with Gasteiger partial charge in [0.05, 0.1) is 4.90 Å². The van der Waals surface area contributed by atoms with Gasteiger partial charge in [-0.3, -0.25) is 0 Å². The average molecular weight is 309 g/mol. The Labute approximate surface area is 123 Å². The van der Waals surface area contributed by atoms with Gasteiger partial charge < -0.3 is 4.74 Å². The van der Waals surface area contributed by atoms with Crippen LogP contribution in [-0.4, -0.2) is 21.6 Å². The molecule has 0 fully saturated rings. The van der Waals surface area contributed by atoms with Crippen LogP contribution < -0.4 is 9.46 Å². The molecule has 0 radical (unpaired) electrons. The lowest BCUT2D eigenvalue weighted by Gasteiger charge is -2.09. The summed E-state index contributed by atoms with van der Waals surface area (Å²) in [6.07, 6.45) is 0. The Morgan fingerprint density at radius 1 is 1.14 bits per heavy atom. The second-order valence-electron chi connectivity index (χ2n) is 4.49. The van der Waals surface area contributed by atoms with Gasteiger partial charge >= 0.3 is 0 Å². The van der Waals surface area contributed by atoms with Crippen LogP contribution in [0.4, 0.5) is 4.39 Å². The second-order valence-corrected chi connectivity index (χ2v) is 6.26. The Hall–Kier alpha value is -1.92. The number of nitrogens with one attached hydrogen (secondary N) is 1. The summed E-state index contributed by atoms with van der Waals surface area (Å²) in [7, 11) is -3.57. The first-order valence-electron chi connectivity index (χ1n) is 6.43. The molecule has 0 aliphatic carbocycles. The number of halogens is 1. The van der Waals surface area contributed by atoms with E-state index < -0.39 is 15.8 Å². The van der Waals surface area contributed by atoms with Crippen molar-refractivity contribution >= 4 is 10.0 Å². The van der Waals surface area contributed by atoms with Crippen LogP contribution in [0.15, 0.2) is 53.4 Å². The van der Waals surface area contributed by atoms with Gasteiger partial charge in [0, 0.05) is 6.54 Å². The topological polar surface area (TPSA) is 55.4 Å². The van der Waals surface area contributed by atoms with Crippen molar-refractivity contribution in [1.29, 1.82) is 0 Å². The van der Waals surface area contributed by atoms with Gasteiger partial charge in [-0.15, -0.1) is 0 Å². The van der Waals surface area contributed by atoms with E-state index in [2.05, 4.69) is 4.72 Å². The summed E-state index contributed by atoms with van der Waals surface area (Å²) in [4.78, 5) is 0.202. The molecule has 2 aromatic rings. The number of sulfonamides is 1. The molecule has 0 aliphatic heterocycles. The van der Waals surface area contributed by atoms with Crippen LogP contribution in [0.2, 0.25) is 0 Å². The molecular formula is C15H16FNO3S. The number of benzene rings is 2. The monoisotopic (exact) mass is 309 g/mol. The molecule has 0 saturated carbocycles. The highest BCUT2D eigenvalue weighted by atomic mass is 32.2. The van der Waals surface area contributed by atoms with Crippen LogP contribution in [-0.2, 0) is 10.0 Å². The molecule has 112 valence electrons. The summed E-state index contributed by atoms with van der Waals surface area (Å²) in [6.45, 7) is 1.93. The minimum absolute atomic E-state index is 0.0476. The zero-order valence-corrected chi connectivity index (χ0v) is 12.4. The van der Waals surface area contributed by atoms with Gasteiger partial charge in [-0.1, -0.05) is 24.3 Å². The van der Waals surface area contributed by atoms with E-state index in [4.69, 9.17) is 4.74 Å². The molecule has 0 aliphatic rings. The Morgan fingerprint density at radius 2 is 1.90 bits per heavy atom. The zero-order chi connectivity index (χ0) is 15.3. The number of rotatable bonds is 6. The fourth-order valence-electron chi connectivity index (χ4n) is 1.76. The van der Waals surface area contributed by atoms with Gasteiger partial charge in [0.25, 0.3) is 0 Å². The highest BCUT2D eigenvalue weighted by Gasteiger charge is 2.13. The molecule has 2 rings (SSSR count). The molecule has 0 spiro atoms. The van der Waals surface area contributed by atoms with Gasteiger partial charge in [0.2, 0.25) is 10.0 Å². The summed E-state index contributed by atoms with van der Waals surface area (Å²) in [5.74, 6) is -0.369. The van der Waals surface area contributed by atoms with E-state index in [1.165, 1.54) is 18.2 Å². The molecule has 6 heteroatoms. The Morgan fingerprint density at radius 3 is 2.62 bits per heavy atom. The number of hydrogen-bond acceptors (Lipinski definition) is 3. The van der Waals surface area contributed by atoms with Crippen LogP contribution in [0, 0.1) is 12.7 Å². The van der Waals surface area contributed by atoms with Crippen LogP contribution in [0.1, 0.15) is 5.56 Å². The Bertz CT molecular complexity index is 716. The fraction of sp³-hybridized carbons (Fsp3) is 0.200. The lowest BCUT2D eigenvalue weighted by atomic mass is 10.2. The highest BCUT2D eigenvalue weighted by Crippen LogP contribution is 2.15. The summed E-state index contributed by atoms with van der Waals surface area (Å²) < 4.78 is 44.9. The van der Waals surface area contributed by atoms with E-state index in [-0.39, 0.29) is 23.8 Å². The van der Waals surface area contributed by atoms with Crippen LogP contribution >= 0.6 is 0 Å². The first kappa shape index (κ1) is 15.5.